The quantitative estimate of drug-likeness (QED) is 0.0770. The Labute approximate surface area is 337 Å². The van der Waals surface area contributed by atoms with Crippen molar-refractivity contribution in [2.45, 2.75) is 12.1 Å². The Morgan fingerprint density at radius 3 is 1.26 bits per heavy atom. The summed E-state index contributed by atoms with van der Waals surface area (Å²) in [6.45, 7) is 0. The van der Waals surface area contributed by atoms with E-state index in [0.29, 0.717) is 33.5 Å². The molecule has 2 heterocycles. The van der Waals surface area contributed by atoms with Crippen LogP contribution in [0.2, 0.25) is 0 Å². The molecule has 2 atom stereocenters. The van der Waals surface area contributed by atoms with Crippen molar-refractivity contribution in [1.29, 1.82) is 0 Å². The summed E-state index contributed by atoms with van der Waals surface area (Å²) < 4.78 is 0. The van der Waals surface area contributed by atoms with Gasteiger partial charge in [0, 0.05) is 48.0 Å². The number of benzene rings is 6. The van der Waals surface area contributed by atoms with Gasteiger partial charge in [-0.05, 0) is 57.3 Å². The zero-order valence-electron chi connectivity index (χ0n) is 29.9. The van der Waals surface area contributed by atoms with Crippen LogP contribution in [-0.2, 0) is 17.1 Å². The maximum Gasteiger partial charge on any atom is 2.00 e. The summed E-state index contributed by atoms with van der Waals surface area (Å²) in [5, 5.41) is 56.5. The second-order valence-electron chi connectivity index (χ2n) is 12.7. The summed E-state index contributed by atoms with van der Waals surface area (Å²) in [5.74, 6) is -0.324. The monoisotopic (exact) mass is 803 g/mol. The Bertz CT molecular complexity index is 2480. The van der Waals surface area contributed by atoms with Crippen LogP contribution in [0, 0.1) is 20.2 Å². The van der Waals surface area contributed by atoms with Gasteiger partial charge in [-0.15, -0.1) is 0 Å². The molecule has 0 saturated heterocycles. The molecule has 6 aromatic carbocycles. The minimum absolute atomic E-state index is 0. The first kappa shape index (κ1) is 39.4. The zero-order chi connectivity index (χ0) is 39.0. The van der Waals surface area contributed by atoms with Crippen molar-refractivity contribution in [3.63, 3.8) is 0 Å². The number of nitro groups is 2. The molecule has 57 heavy (non-hydrogen) atoms. The fourth-order valence-corrected chi connectivity index (χ4v) is 6.45. The number of anilines is 2. The third-order valence-electron chi connectivity index (χ3n) is 9.14. The molecule has 0 spiro atoms. The van der Waals surface area contributed by atoms with Crippen LogP contribution >= 0.6 is 0 Å². The molecule has 12 nitrogen and oxygen atoms in total. The van der Waals surface area contributed by atoms with E-state index in [4.69, 9.17) is 0 Å². The second-order valence-corrected chi connectivity index (χ2v) is 12.7. The number of rotatable bonds is 10. The van der Waals surface area contributed by atoms with E-state index in [9.17, 15) is 30.4 Å². The van der Waals surface area contributed by atoms with Crippen molar-refractivity contribution in [3.8, 4) is 11.5 Å². The molecule has 285 valence electrons. The minimum Gasteiger partial charge on any atom is -0.871 e. The topological polar surface area (TPSA) is 182 Å². The predicted octanol–water partition coefficient (Wildman–Crippen LogP) is 8.83. The maximum atomic E-state index is 13.1. The van der Waals surface area contributed by atoms with Crippen molar-refractivity contribution in [2.24, 2.45) is 0 Å². The van der Waals surface area contributed by atoms with E-state index in [-0.39, 0.29) is 39.9 Å². The van der Waals surface area contributed by atoms with Crippen LogP contribution in [-0.4, -0.2) is 19.8 Å². The molecule has 0 amide bonds. The number of nitro benzene ring substituents is 2. The summed E-state index contributed by atoms with van der Waals surface area (Å²) in [7, 11) is 0. The average Bonchev–Trinajstić information content (AvgIpc) is 3.24. The number of fused-ring (bicyclic) bond motifs is 2. The second kappa shape index (κ2) is 17.9. The first-order chi connectivity index (χ1) is 27.3. The van der Waals surface area contributed by atoms with Crippen LogP contribution in [0.25, 0.3) is 21.8 Å². The smallest absolute Gasteiger partial charge is 0.871 e. The van der Waals surface area contributed by atoms with Crippen LogP contribution in [0.15, 0.2) is 170 Å². The first-order valence-corrected chi connectivity index (χ1v) is 17.5. The molecule has 13 heteroatoms. The number of non-ortho nitro benzene ring substituents is 2. The van der Waals surface area contributed by atoms with Gasteiger partial charge in [-0.1, -0.05) is 121 Å². The number of nitrogens with zero attached hydrogens (tertiary/aromatic N) is 4. The fourth-order valence-electron chi connectivity index (χ4n) is 6.45. The Hall–Kier alpha value is -7.34. The number of nitrogens with one attached hydrogen (secondary N) is 2. The van der Waals surface area contributed by atoms with Crippen molar-refractivity contribution < 1.29 is 37.1 Å². The molecule has 0 aliphatic heterocycles. The minimum atomic E-state index is -0.470. The normalized spacial score (nSPS) is 11.6. The van der Waals surface area contributed by atoms with Gasteiger partial charge in [0.15, 0.2) is 0 Å². The number of aromatic nitrogens is 2. The summed E-state index contributed by atoms with van der Waals surface area (Å²) >= 11 is 0. The Morgan fingerprint density at radius 2 is 0.877 bits per heavy atom. The van der Waals surface area contributed by atoms with Crippen LogP contribution in [0.4, 0.5) is 22.7 Å². The molecule has 0 aliphatic rings. The molecule has 8 rings (SSSR count). The molecule has 2 N–H and O–H groups in total. The van der Waals surface area contributed by atoms with E-state index in [1.165, 1.54) is 24.3 Å². The van der Waals surface area contributed by atoms with Gasteiger partial charge in [0.1, 0.15) is 0 Å². The molecule has 2 aromatic heterocycles. The van der Waals surface area contributed by atoms with E-state index < -0.39 is 21.9 Å². The number of pyridine rings is 2. The van der Waals surface area contributed by atoms with Gasteiger partial charge in [-0.25, -0.2) is 0 Å². The Morgan fingerprint density at radius 1 is 0.474 bits per heavy atom. The summed E-state index contributed by atoms with van der Waals surface area (Å²) in [6.07, 6.45) is 3.19. The van der Waals surface area contributed by atoms with Crippen molar-refractivity contribution in [3.05, 3.63) is 213 Å². The molecule has 0 fully saturated rings. The van der Waals surface area contributed by atoms with E-state index in [1.54, 1.807) is 60.9 Å². The fraction of sp³-hybridized carbons (Fsp3) is 0.0455. The molecule has 0 aliphatic carbocycles. The Kier molecular flexibility index (Phi) is 12.3. The van der Waals surface area contributed by atoms with Gasteiger partial charge in [-0.3, -0.25) is 30.2 Å². The summed E-state index contributed by atoms with van der Waals surface area (Å²) in [5.41, 5.74) is 4.71. The van der Waals surface area contributed by atoms with Crippen LogP contribution < -0.4 is 20.8 Å². The number of hydrogen-bond acceptors (Lipinski definition) is 10. The summed E-state index contributed by atoms with van der Waals surface area (Å²) in [6, 6.07) is 45.1. The molecule has 0 bridgehead atoms. The molecule has 8 aromatic rings. The van der Waals surface area contributed by atoms with Gasteiger partial charge in [0.05, 0.1) is 33.0 Å². The molecular weight excluding hydrogens is 772 g/mol. The third-order valence-corrected chi connectivity index (χ3v) is 9.14. The van der Waals surface area contributed by atoms with Gasteiger partial charge in [-0.2, -0.15) is 0 Å². The van der Waals surface area contributed by atoms with Gasteiger partial charge in [0.2, 0.25) is 0 Å². The largest absolute Gasteiger partial charge is 2.00 e. The van der Waals surface area contributed by atoms with Gasteiger partial charge in [0.25, 0.3) is 11.4 Å². The van der Waals surface area contributed by atoms with Crippen molar-refractivity contribution in [2.75, 3.05) is 10.6 Å². The van der Waals surface area contributed by atoms with Crippen LogP contribution in [0.1, 0.15) is 34.3 Å². The molecule has 2 unspecified atom stereocenters. The van der Waals surface area contributed by atoms with Crippen LogP contribution in [0.5, 0.6) is 11.5 Å². The SMILES string of the molecule is O=[N+]([O-])c1cccc(NC(c2ccccc2)c2ccc3cccnc3c2[O-])c1.O=[N+]([O-])c1cccc(NC(c2ccccc2)c2ccc3cccnc3c2[O-])c1.[Cu+2]. The van der Waals surface area contributed by atoms with E-state index >= 15 is 0 Å². The van der Waals surface area contributed by atoms with E-state index in [2.05, 4.69) is 20.6 Å². The van der Waals surface area contributed by atoms with Crippen LogP contribution in [0.3, 0.4) is 0 Å². The summed E-state index contributed by atoms with van der Waals surface area (Å²) in [4.78, 5) is 29.8. The first-order valence-electron chi connectivity index (χ1n) is 17.5. The van der Waals surface area contributed by atoms with Gasteiger partial charge >= 0.3 is 17.1 Å². The zero-order valence-corrected chi connectivity index (χ0v) is 30.8. The molecule has 0 saturated carbocycles. The maximum absolute atomic E-state index is 13.1. The number of hydrogen-bond donors (Lipinski definition) is 2. The molecular formula is C44H32CuN6O6. The van der Waals surface area contributed by atoms with E-state index in [0.717, 1.165) is 21.9 Å². The van der Waals surface area contributed by atoms with Gasteiger partial charge < -0.3 is 20.8 Å². The standard InChI is InChI=1S/2C22H17N3O3.Cu/c2*26-22-19(12-11-16-8-5-13-23-21(16)22)20(15-6-2-1-3-7-15)24-17-9-4-10-18(14-17)25(27)28;/h2*1-14,20,24,26H;/q;;+2/p-2. The van der Waals surface area contributed by atoms with Crippen molar-refractivity contribution >= 4 is 44.6 Å². The average molecular weight is 804 g/mol. The molecule has 1 radical (unpaired) electrons. The predicted molar refractivity (Wildman–Crippen MR) is 212 cm³/mol. The van der Waals surface area contributed by atoms with Crippen molar-refractivity contribution in [1.82, 2.24) is 9.97 Å². The van der Waals surface area contributed by atoms with E-state index in [1.807, 2.05) is 84.9 Å². The Balaban J connectivity index is 0.000000189. The third kappa shape index (κ3) is 8.97.